The molecule has 0 aromatic carbocycles. The SMILES string of the molecule is Cc1c(-n2ccnc2)cc(C2CCCCC2)oc1=O. The third-order valence-corrected chi connectivity index (χ3v) is 3.97. The molecule has 4 heteroatoms. The zero-order chi connectivity index (χ0) is 13.2. The summed E-state index contributed by atoms with van der Waals surface area (Å²) in [6.45, 7) is 1.80. The highest BCUT2D eigenvalue weighted by Gasteiger charge is 2.20. The van der Waals surface area contributed by atoms with Crippen molar-refractivity contribution < 1.29 is 4.42 Å². The van der Waals surface area contributed by atoms with Crippen molar-refractivity contribution in [2.75, 3.05) is 0 Å². The van der Waals surface area contributed by atoms with Crippen molar-refractivity contribution in [2.45, 2.75) is 44.9 Å². The number of imidazole rings is 1. The Morgan fingerprint density at radius 2 is 2.11 bits per heavy atom. The van der Waals surface area contributed by atoms with E-state index in [1.165, 1.54) is 19.3 Å². The Hall–Kier alpha value is -1.84. The van der Waals surface area contributed by atoms with Gasteiger partial charge in [-0.05, 0) is 19.8 Å². The zero-order valence-electron chi connectivity index (χ0n) is 11.1. The van der Waals surface area contributed by atoms with Gasteiger partial charge in [-0.25, -0.2) is 9.78 Å². The molecule has 0 spiro atoms. The van der Waals surface area contributed by atoms with Crippen LogP contribution in [0.3, 0.4) is 0 Å². The summed E-state index contributed by atoms with van der Waals surface area (Å²) in [6, 6.07) is 2.01. The van der Waals surface area contributed by atoms with Crippen molar-refractivity contribution in [3.63, 3.8) is 0 Å². The number of hydrogen-bond acceptors (Lipinski definition) is 3. The molecule has 1 aliphatic carbocycles. The first-order valence-corrected chi connectivity index (χ1v) is 6.88. The van der Waals surface area contributed by atoms with Gasteiger partial charge in [0.25, 0.3) is 0 Å². The average Bonchev–Trinajstić information content (AvgIpc) is 2.96. The summed E-state index contributed by atoms with van der Waals surface area (Å²) in [5.74, 6) is 1.23. The lowest BCUT2D eigenvalue weighted by atomic mass is 9.87. The fraction of sp³-hybridized carbons (Fsp3) is 0.467. The van der Waals surface area contributed by atoms with E-state index in [2.05, 4.69) is 4.98 Å². The second-order valence-electron chi connectivity index (χ2n) is 5.25. The largest absolute Gasteiger partial charge is 0.427 e. The van der Waals surface area contributed by atoms with Crippen molar-refractivity contribution in [3.8, 4) is 5.69 Å². The predicted molar refractivity (Wildman–Crippen MR) is 72.7 cm³/mol. The Morgan fingerprint density at radius 1 is 1.32 bits per heavy atom. The van der Waals surface area contributed by atoms with Gasteiger partial charge in [-0.3, -0.25) is 0 Å². The van der Waals surface area contributed by atoms with Crippen LogP contribution in [0.5, 0.6) is 0 Å². The van der Waals surface area contributed by atoms with Crippen LogP contribution in [0.2, 0.25) is 0 Å². The second kappa shape index (κ2) is 5.03. The van der Waals surface area contributed by atoms with E-state index in [-0.39, 0.29) is 5.63 Å². The minimum atomic E-state index is -0.230. The molecule has 100 valence electrons. The first kappa shape index (κ1) is 12.2. The van der Waals surface area contributed by atoms with Gasteiger partial charge >= 0.3 is 5.63 Å². The molecule has 0 bridgehead atoms. The Labute approximate surface area is 112 Å². The summed E-state index contributed by atoms with van der Waals surface area (Å²) in [6.07, 6.45) is 11.3. The molecule has 0 atom stereocenters. The van der Waals surface area contributed by atoms with Crippen molar-refractivity contribution in [1.29, 1.82) is 0 Å². The molecule has 1 aliphatic rings. The van der Waals surface area contributed by atoms with Crippen LogP contribution in [-0.4, -0.2) is 9.55 Å². The minimum absolute atomic E-state index is 0.230. The molecule has 0 radical (unpaired) electrons. The molecule has 3 rings (SSSR count). The molecule has 0 amide bonds. The van der Waals surface area contributed by atoms with Gasteiger partial charge < -0.3 is 8.98 Å². The van der Waals surface area contributed by atoms with E-state index in [9.17, 15) is 4.79 Å². The Morgan fingerprint density at radius 3 is 2.79 bits per heavy atom. The molecular weight excluding hydrogens is 240 g/mol. The molecule has 2 heterocycles. The van der Waals surface area contributed by atoms with Gasteiger partial charge in [0.05, 0.1) is 17.6 Å². The summed E-state index contributed by atoms with van der Waals surface area (Å²) in [5, 5.41) is 0. The van der Waals surface area contributed by atoms with Crippen molar-refractivity contribution in [2.24, 2.45) is 0 Å². The highest BCUT2D eigenvalue weighted by molar-refractivity contribution is 5.39. The van der Waals surface area contributed by atoms with Gasteiger partial charge in [0, 0.05) is 24.4 Å². The number of nitrogens with zero attached hydrogens (tertiary/aromatic N) is 2. The standard InChI is InChI=1S/C15H18N2O2/c1-11-13(17-8-7-16-10-17)9-14(19-15(11)18)12-5-3-2-4-6-12/h7-10,12H,2-6H2,1H3. The van der Waals surface area contributed by atoms with E-state index < -0.39 is 0 Å². The molecule has 0 N–H and O–H groups in total. The lowest BCUT2D eigenvalue weighted by Crippen LogP contribution is -2.13. The molecular formula is C15H18N2O2. The predicted octanol–water partition coefficient (Wildman–Crippen LogP) is 3.18. The summed E-state index contributed by atoms with van der Waals surface area (Å²) in [7, 11) is 0. The third kappa shape index (κ3) is 2.35. The molecule has 1 fully saturated rings. The zero-order valence-corrected chi connectivity index (χ0v) is 11.1. The average molecular weight is 258 g/mol. The monoisotopic (exact) mass is 258 g/mol. The topological polar surface area (TPSA) is 48.0 Å². The van der Waals surface area contributed by atoms with E-state index >= 15 is 0 Å². The molecule has 4 nitrogen and oxygen atoms in total. The van der Waals surface area contributed by atoms with E-state index in [1.807, 2.05) is 16.8 Å². The van der Waals surface area contributed by atoms with Crippen molar-refractivity contribution in [3.05, 3.63) is 46.5 Å². The molecule has 1 saturated carbocycles. The van der Waals surface area contributed by atoms with Crippen molar-refractivity contribution >= 4 is 0 Å². The van der Waals surface area contributed by atoms with E-state index in [4.69, 9.17) is 4.42 Å². The maximum absolute atomic E-state index is 12.0. The minimum Gasteiger partial charge on any atom is -0.427 e. The first-order chi connectivity index (χ1) is 9.25. The van der Waals surface area contributed by atoms with Gasteiger partial charge in [0.1, 0.15) is 5.76 Å². The number of aromatic nitrogens is 2. The van der Waals surface area contributed by atoms with E-state index in [0.717, 1.165) is 24.3 Å². The molecule has 0 unspecified atom stereocenters. The highest BCUT2D eigenvalue weighted by Crippen LogP contribution is 2.33. The maximum Gasteiger partial charge on any atom is 0.340 e. The van der Waals surface area contributed by atoms with Gasteiger partial charge in [-0.2, -0.15) is 0 Å². The van der Waals surface area contributed by atoms with E-state index in [0.29, 0.717) is 11.5 Å². The first-order valence-electron chi connectivity index (χ1n) is 6.88. The van der Waals surface area contributed by atoms with Crippen LogP contribution in [0.25, 0.3) is 5.69 Å². The highest BCUT2D eigenvalue weighted by atomic mass is 16.4. The normalized spacial score (nSPS) is 16.7. The van der Waals surface area contributed by atoms with Gasteiger partial charge in [-0.15, -0.1) is 0 Å². The van der Waals surface area contributed by atoms with Crippen LogP contribution in [0.4, 0.5) is 0 Å². The van der Waals surface area contributed by atoms with Gasteiger partial charge in [0.2, 0.25) is 0 Å². The summed E-state index contributed by atoms with van der Waals surface area (Å²) in [5.41, 5.74) is 1.29. The Bertz CT molecular complexity index is 608. The third-order valence-electron chi connectivity index (χ3n) is 3.97. The van der Waals surface area contributed by atoms with Crippen LogP contribution in [-0.2, 0) is 0 Å². The molecule has 2 aromatic heterocycles. The quantitative estimate of drug-likeness (QED) is 0.831. The summed E-state index contributed by atoms with van der Waals surface area (Å²) < 4.78 is 7.37. The fourth-order valence-corrected chi connectivity index (χ4v) is 2.82. The number of hydrogen-bond donors (Lipinski definition) is 0. The summed E-state index contributed by atoms with van der Waals surface area (Å²) in [4.78, 5) is 16.0. The van der Waals surface area contributed by atoms with E-state index in [1.54, 1.807) is 19.4 Å². The second-order valence-corrected chi connectivity index (χ2v) is 5.25. The van der Waals surface area contributed by atoms with Crippen LogP contribution < -0.4 is 5.63 Å². The Balaban J connectivity index is 2.05. The number of rotatable bonds is 2. The Kier molecular flexibility index (Phi) is 3.23. The maximum atomic E-state index is 12.0. The molecule has 2 aromatic rings. The van der Waals surface area contributed by atoms with Gasteiger partial charge in [0.15, 0.2) is 0 Å². The van der Waals surface area contributed by atoms with Crippen LogP contribution in [0.1, 0.15) is 49.3 Å². The van der Waals surface area contributed by atoms with Crippen LogP contribution >= 0.6 is 0 Å². The van der Waals surface area contributed by atoms with Crippen LogP contribution in [0, 0.1) is 6.92 Å². The molecule has 0 saturated heterocycles. The lowest BCUT2D eigenvalue weighted by molar-refractivity contribution is 0.353. The molecule has 0 aliphatic heterocycles. The van der Waals surface area contributed by atoms with Crippen molar-refractivity contribution in [1.82, 2.24) is 9.55 Å². The summed E-state index contributed by atoms with van der Waals surface area (Å²) >= 11 is 0. The fourth-order valence-electron chi connectivity index (χ4n) is 2.82. The molecule has 19 heavy (non-hydrogen) atoms. The lowest BCUT2D eigenvalue weighted by Gasteiger charge is -2.21. The smallest absolute Gasteiger partial charge is 0.340 e. The van der Waals surface area contributed by atoms with Crippen LogP contribution in [0.15, 0.2) is 34.0 Å². The van der Waals surface area contributed by atoms with Gasteiger partial charge in [-0.1, -0.05) is 19.3 Å².